The van der Waals surface area contributed by atoms with E-state index in [1.165, 1.54) is 6.07 Å². The number of sulfonamides is 1. The van der Waals surface area contributed by atoms with E-state index in [2.05, 4.69) is 19.7 Å². The number of aryl methyl sites for hydroxylation is 1. The highest BCUT2D eigenvalue weighted by Gasteiger charge is 2.22. The molecule has 22 heavy (non-hydrogen) atoms. The van der Waals surface area contributed by atoms with Crippen LogP contribution in [-0.2, 0) is 10.0 Å². The normalized spacial score (nSPS) is 13.4. The predicted molar refractivity (Wildman–Crippen MR) is 81.7 cm³/mol. The molecule has 3 rings (SSSR count). The third kappa shape index (κ3) is 2.72. The molecule has 0 radical (unpaired) electrons. The Morgan fingerprint density at radius 2 is 1.91 bits per heavy atom. The zero-order valence-corrected chi connectivity index (χ0v) is 13.0. The molecule has 0 bridgehead atoms. The maximum absolute atomic E-state index is 12.6. The fraction of sp³-hybridized carbons (Fsp3) is 0.200. The minimum Gasteiger partial charge on any atom is -0.243 e. The molecule has 3 aromatic rings. The average Bonchev–Trinajstić information content (AvgIpc) is 2.94. The van der Waals surface area contributed by atoms with Crippen molar-refractivity contribution in [1.82, 2.24) is 15.0 Å². The van der Waals surface area contributed by atoms with E-state index in [1.54, 1.807) is 19.1 Å². The summed E-state index contributed by atoms with van der Waals surface area (Å²) in [6.07, 6.45) is 0. The Kier molecular flexibility index (Phi) is 3.67. The fourth-order valence-corrected chi connectivity index (χ4v) is 3.68. The van der Waals surface area contributed by atoms with Crippen molar-refractivity contribution in [2.45, 2.75) is 24.8 Å². The van der Waals surface area contributed by atoms with Crippen molar-refractivity contribution in [2.75, 3.05) is 0 Å². The molecule has 0 aliphatic rings. The summed E-state index contributed by atoms with van der Waals surface area (Å²) < 4.78 is 32.5. The highest BCUT2D eigenvalue weighted by atomic mass is 32.2. The second-order valence-electron chi connectivity index (χ2n) is 5.15. The van der Waals surface area contributed by atoms with Crippen LogP contribution in [0.2, 0.25) is 0 Å². The Hall–Kier alpha value is -2.25. The van der Waals surface area contributed by atoms with Crippen molar-refractivity contribution in [3.05, 3.63) is 53.6 Å². The molecule has 1 atom stereocenters. The molecule has 114 valence electrons. The van der Waals surface area contributed by atoms with E-state index in [9.17, 15) is 8.42 Å². The summed E-state index contributed by atoms with van der Waals surface area (Å²) in [7, 11) is -3.73. The Balaban J connectivity index is 1.95. The van der Waals surface area contributed by atoms with Gasteiger partial charge in [-0.3, -0.25) is 0 Å². The molecule has 0 fully saturated rings. The maximum atomic E-state index is 12.6. The first kappa shape index (κ1) is 14.7. The number of rotatable bonds is 4. The third-order valence-electron chi connectivity index (χ3n) is 3.41. The average molecular weight is 317 g/mol. The Bertz CT molecular complexity index is 918. The van der Waals surface area contributed by atoms with Gasteiger partial charge in [0.2, 0.25) is 10.0 Å². The number of benzene rings is 2. The first-order chi connectivity index (χ1) is 10.5. The third-order valence-corrected chi connectivity index (χ3v) is 4.98. The second kappa shape index (κ2) is 5.51. The van der Waals surface area contributed by atoms with Crippen molar-refractivity contribution >= 4 is 21.1 Å². The molecular formula is C15H15N3O3S. The maximum Gasteiger partial charge on any atom is 0.243 e. The molecule has 1 heterocycles. The van der Waals surface area contributed by atoms with Crippen LogP contribution in [0.3, 0.4) is 0 Å². The minimum atomic E-state index is -3.73. The highest BCUT2D eigenvalue weighted by Crippen LogP contribution is 2.22. The number of nitrogens with one attached hydrogen (secondary N) is 1. The molecule has 0 spiro atoms. The van der Waals surface area contributed by atoms with E-state index >= 15 is 0 Å². The summed E-state index contributed by atoms with van der Waals surface area (Å²) in [5, 5.41) is 7.34. The van der Waals surface area contributed by atoms with Crippen molar-refractivity contribution in [3.8, 4) is 0 Å². The largest absolute Gasteiger partial charge is 0.243 e. The quantitative estimate of drug-likeness (QED) is 0.799. The minimum absolute atomic E-state index is 0.0609. The molecule has 1 aromatic heterocycles. The van der Waals surface area contributed by atoms with Crippen LogP contribution in [-0.4, -0.2) is 18.7 Å². The van der Waals surface area contributed by atoms with Crippen molar-refractivity contribution in [1.29, 1.82) is 0 Å². The van der Waals surface area contributed by atoms with Gasteiger partial charge in [0, 0.05) is 6.04 Å². The smallest absolute Gasteiger partial charge is 0.243 e. The lowest BCUT2D eigenvalue weighted by Crippen LogP contribution is -2.27. The van der Waals surface area contributed by atoms with Crippen LogP contribution in [0.5, 0.6) is 0 Å². The van der Waals surface area contributed by atoms with Gasteiger partial charge in [0.05, 0.1) is 0 Å². The van der Waals surface area contributed by atoms with Crippen LogP contribution in [0.1, 0.15) is 24.1 Å². The zero-order valence-electron chi connectivity index (χ0n) is 12.1. The lowest BCUT2D eigenvalue weighted by Gasteiger charge is -2.15. The first-order valence-corrected chi connectivity index (χ1v) is 8.26. The first-order valence-electron chi connectivity index (χ1n) is 6.77. The van der Waals surface area contributed by atoms with Crippen LogP contribution in [0.4, 0.5) is 0 Å². The fourth-order valence-electron chi connectivity index (χ4n) is 2.30. The topological polar surface area (TPSA) is 85.1 Å². The molecule has 1 unspecified atom stereocenters. The molecule has 0 aliphatic carbocycles. The molecular weight excluding hydrogens is 302 g/mol. The molecule has 2 aromatic carbocycles. The van der Waals surface area contributed by atoms with E-state index in [-0.39, 0.29) is 16.5 Å². The van der Waals surface area contributed by atoms with E-state index in [0.717, 1.165) is 11.1 Å². The summed E-state index contributed by atoms with van der Waals surface area (Å²) in [5.74, 6) is 0. The van der Waals surface area contributed by atoms with Crippen LogP contribution in [0.25, 0.3) is 11.0 Å². The molecule has 6 nitrogen and oxygen atoms in total. The molecule has 1 N–H and O–H groups in total. The SMILES string of the molecule is Cc1cccc(C(C)NS(=O)(=O)c2cccc3nonc23)c1. The summed E-state index contributed by atoms with van der Waals surface area (Å²) in [6.45, 7) is 3.76. The van der Waals surface area contributed by atoms with Crippen LogP contribution in [0, 0.1) is 6.92 Å². The predicted octanol–water partition coefficient (Wildman–Crippen LogP) is 2.57. The molecule has 7 heteroatoms. The highest BCUT2D eigenvalue weighted by molar-refractivity contribution is 7.89. The molecule has 0 saturated heterocycles. The van der Waals surface area contributed by atoms with Gasteiger partial charge >= 0.3 is 0 Å². The van der Waals surface area contributed by atoms with Gasteiger partial charge in [-0.15, -0.1) is 0 Å². The number of aromatic nitrogens is 2. The molecule has 0 aliphatic heterocycles. The van der Waals surface area contributed by atoms with Crippen molar-refractivity contribution < 1.29 is 13.0 Å². The van der Waals surface area contributed by atoms with Gasteiger partial charge < -0.3 is 0 Å². The van der Waals surface area contributed by atoms with Crippen molar-refractivity contribution in [3.63, 3.8) is 0 Å². The van der Waals surface area contributed by atoms with Crippen LogP contribution < -0.4 is 4.72 Å². The van der Waals surface area contributed by atoms with E-state index in [4.69, 9.17) is 0 Å². The standard InChI is InChI=1S/C15H15N3O3S/c1-10-5-3-6-12(9-10)11(2)18-22(19,20)14-8-4-7-13-15(14)17-21-16-13/h3-9,11,18H,1-2H3. The van der Waals surface area contributed by atoms with Crippen molar-refractivity contribution in [2.24, 2.45) is 0 Å². The van der Waals surface area contributed by atoms with Gasteiger partial charge in [0.15, 0.2) is 5.52 Å². The van der Waals surface area contributed by atoms with Gasteiger partial charge in [-0.25, -0.2) is 17.8 Å². The van der Waals surface area contributed by atoms with E-state index < -0.39 is 10.0 Å². The zero-order chi connectivity index (χ0) is 15.7. The summed E-state index contributed by atoms with van der Waals surface area (Å²) >= 11 is 0. The number of nitrogens with zero attached hydrogens (tertiary/aromatic N) is 2. The Morgan fingerprint density at radius 3 is 2.68 bits per heavy atom. The number of fused-ring (bicyclic) bond motifs is 1. The van der Waals surface area contributed by atoms with Gasteiger partial charge in [-0.05, 0) is 41.9 Å². The van der Waals surface area contributed by atoms with E-state index in [0.29, 0.717) is 5.52 Å². The summed E-state index contributed by atoms with van der Waals surface area (Å²) in [6, 6.07) is 12.1. The van der Waals surface area contributed by atoms with Crippen LogP contribution >= 0.6 is 0 Å². The number of hydrogen-bond acceptors (Lipinski definition) is 5. The van der Waals surface area contributed by atoms with Gasteiger partial charge in [0.25, 0.3) is 0 Å². The van der Waals surface area contributed by atoms with E-state index in [1.807, 2.05) is 31.2 Å². The van der Waals surface area contributed by atoms with Gasteiger partial charge in [-0.2, -0.15) is 0 Å². The van der Waals surface area contributed by atoms with Gasteiger partial charge in [0.1, 0.15) is 10.4 Å². The molecule has 0 amide bonds. The Labute approximate surface area is 128 Å². The summed E-state index contributed by atoms with van der Waals surface area (Å²) in [5.41, 5.74) is 2.61. The summed E-state index contributed by atoms with van der Waals surface area (Å²) in [4.78, 5) is 0.0609. The number of hydrogen-bond donors (Lipinski definition) is 1. The molecule has 0 saturated carbocycles. The lowest BCUT2D eigenvalue weighted by molar-refractivity contribution is 0.315. The Morgan fingerprint density at radius 1 is 1.14 bits per heavy atom. The second-order valence-corrected chi connectivity index (χ2v) is 6.83. The van der Waals surface area contributed by atoms with Gasteiger partial charge in [-0.1, -0.05) is 35.9 Å². The monoisotopic (exact) mass is 317 g/mol. The van der Waals surface area contributed by atoms with Crippen LogP contribution in [0.15, 0.2) is 52.0 Å². The lowest BCUT2D eigenvalue weighted by atomic mass is 10.1.